The van der Waals surface area contributed by atoms with Crippen LogP contribution in [0.3, 0.4) is 0 Å². The minimum absolute atomic E-state index is 0.0540. The zero-order valence-electron chi connectivity index (χ0n) is 13.8. The van der Waals surface area contributed by atoms with Gasteiger partial charge in [-0.3, -0.25) is 9.59 Å². The van der Waals surface area contributed by atoms with Crippen molar-refractivity contribution in [3.8, 4) is 5.69 Å². The Bertz CT molecular complexity index is 757. The molecule has 0 saturated carbocycles. The lowest BCUT2D eigenvalue weighted by Gasteiger charge is -2.35. The molecule has 6 nitrogen and oxygen atoms in total. The molecule has 1 N–H and O–H groups in total. The molecule has 0 radical (unpaired) electrons. The molecule has 2 heterocycles. The molecule has 2 aromatic rings. The lowest BCUT2D eigenvalue weighted by molar-refractivity contribution is -0.137. The molecule has 0 aliphatic carbocycles. The van der Waals surface area contributed by atoms with Crippen molar-refractivity contribution in [2.45, 2.75) is 38.1 Å². The number of carboxylic acids is 1. The number of carbonyl (C=O) groups is 2. The Labute approximate surface area is 144 Å². The molecule has 3 rings (SSSR count). The minimum Gasteiger partial charge on any atom is -0.481 e. The number of hydrogen-bond acceptors (Lipinski definition) is 3. The highest BCUT2D eigenvalue weighted by Crippen LogP contribution is 2.23. The van der Waals surface area contributed by atoms with Crippen molar-refractivity contribution in [1.82, 2.24) is 14.7 Å². The van der Waals surface area contributed by atoms with E-state index in [1.807, 2.05) is 0 Å². The fourth-order valence-corrected chi connectivity index (χ4v) is 3.18. The van der Waals surface area contributed by atoms with Crippen LogP contribution in [0.2, 0.25) is 0 Å². The molecule has 0 bridgehead atoms. The van der Waals surface area contributed by atoms with Crippen LogP contribution in [0.1, 0.15) is 42.6 Å². The SMILES string of the molecule is O=C(O)CCC1CCCCN1C(=O)c1ccn(-c2ccc(F)cc2)n1. The highest BCUT2D eigenvalue weighted by Gasteiger charge is 2.29. The van der Waals surface area contributed by atoms with Crippen LogP contribution in [-0.4, -0.2) is 44.3 Å². The topological polar surface area (TPSA) is 75.4 Å². The fraction of sp³-hybridized carbons (Fsp3) is 0.389. The lowest BCUT2D eigenvalue weighted by Crippen LogP contribution is -2.44. The van der Waals surface area contributed by atoms with E-state index in [4.69, 9.17) is 5.11 Å². The number of aliphatic carboxylic acids is 1. The Balaban J connectivity index is 1.75. The molecule has 1 saturated heterocycles. The summed E-state index contributed by atoms with van der Waals surface area (Å²) in [5, 5.41) is 13.2. The van der Waals surface area contributed by atoms with Crippen molar-refractivity contribution in [2.75, 3.05) is 6.54 Å². The van der Waals surface area contributed by atoms with E-state index in [0.29, 0.717) is 24.3 Å². The second-order valence-electron chi connectivity index (χ2n) is 6.20. The quantitative estimate of drug-likeness (QED) is 0.904. The van der Waals surface area contributed by atoms with Gasteiger partial charge >= 0.3 is 5.97 Å². The van der Waals surface area contributed by atoms with Crippen LogP contribution >= 0.6 is 0 Å². The van der Waals surface area contributed by atoms with Crippen molar-refractivity contribution in [2.24, 2.45) is 0 Å². The van der Waals surface area contributed by atoms with Gasteiger partial charge in [0.15, 0.2) is 5.69 Å². The first-order valence-corrected chi connectivity index (χ1v) is 8.39. The van der Waals surface area contributed by atoms with Gasteiger partial charge in [-0.15, -0.1) is 0 Å². The molecule has 25 heavy (non-hydrogen) atoms. The number of likely N-dealkylation sites (tertiary alicyclic amines) is 1. The summed E-state index contributed by atoms with van der Waals surface area (Å²) in [5.41, 5.74) is 0.980. The van der Waals surface area contributed by atoms with Gasteiger partial charge in [-0.25, -0.2) is 9.07 Å². The van der Waals surface area contributed by atoms with Crippen LogP contribution in [0.25, 0.3) is 5.69 Å². The Kier molecular flexibility index (Phi) is 5.11. The molecule has 1 aromatic heterocycles. The molecule has 0 spiro atoms. The summed E-state index contributed by atoms with van der Waals surface area (Å²) in [4.78, 5) is 25.4. The van der Waals surface area contributed by atoms with E-state index in [1.54, 1.807) is 29.3 Å². The average molecular weight is 345 g/mol. The van der Waals surface area contributed by atoms with Crippen LogP contribution in [-0.2, 0) is 4.79 Å². The normalized spacial score (nSPS) is 17.5. The third-order valence-corrected chi connectivity index (χ3v) is 4.48. The van der Waals surface area contributed by atoms with Gasteiger partial charge in [-0.2, -0.15) is 5.10 Å². The van der Waals surface area contributed by atoms with E-state index in [2.05, 4.69) is 5.10 Å². The summed E-state index contributed by atoms with van der Waals surface area (Å²) >= 11 is 0. The van der Waals surface area contributed by atoms with E-state index in [0.717, 1.165) is 19.3 Å². The number of benzene rings is 1. The van der Waals surface area contributed by atoms with Gasteiger partial charge in [-0.05, 0) is 56.0 Å². The standard InChI is InChI=1S/C18H20FN3O3/c19-13-4-6-15(7-5-13)22-12-10-16(20-22)18(25)21-11-2-1-3-14(21)8-9-17(23)24/h4-7,10,12,14H,1-3,8-9,11H2,(H,23,24). The number of carboxylic acid groups (broad SMARTS) is 1. The molecule has 1 atom stereocenters. The molecule has 132 valence electrons. The van der Waals surface area contributed by atoms with E-state index >= 15 is 0 Å². The first kappa shape index (κ1) is 17.1. The number of aromatic nitrogens is 2. The summed E-state index contributed by atoms with van der Waals surface area (Å²) in [5.74, 6) is -1.36. The Morgan fingerprint density at radius 2 is 1.96 bits per heavy atom. The smallest absolute Gasteiger partial charge is 0.303 e. The number of carbonyl (C=O) groups excluding carboxylic acids is 1. The molecule has 1 aromatic carbocycles. The fourth-order valence-electron chi connectivity index (χ4n) is 3.18. The van der Waals surface area contributed by atoms with Crippen molar-refractivity contribution in [3.63, 3.8) is 0 Å². The number of hydrogen-bond donors (Lipinski definition) is 1. The third kappa shape index (κ3) is 4.04. The van der Waals surface area contributed by atoms with E-state index in [-0.39, 0.29) is 24.2 Å². The van der Waals surface area contributed by atoms with Crippen LogP contribution in [0.5, 0.6) is 0 Å². The van der Waals surface area contributed by atoms with Gasteiger partial charge in [0.2, 0.25) is 0 Å². The van der Waals surface area contributed by atoms with Crippen LogP contribution in [0, 0.1) is 5.82 Å². The van der Waals surface area contributed by atoms with E-state index < -0.39 is 5.97 Å². The number of rotatable bonds is 5. The van der Waals surface area contributed by atoms with Gasteiger partial charge in [0.05, 0.1) is 5.69 Å². The van der Waals surface area contributed by atoms with Crippen molar-refractivity contribution in [1.29, 1.82) is 0 Å². The van der Waals surface area contributed by atoms with Crippen molar-refractivity contribution in [3.05, 3.63) is 48.0 Å². The predicted octanol–water partition coefficient (Wildman–Crippen LogP) is 2.87. The number of piperidine rings is 1. The monoisotopic (exact) mass is 345 g/mol. The summed E-state index contributed by atoms with van der Waals surface area (Å²) in [6, 6.07) is 7.43. The van der Waals surface area contributed by atoms with Gasteiger partial charge in [0, 0.05) is 25.2 Å². The lowest BCUT2D eigenvalue weighted by atomic mass is 9.97. The van der Waals surface area contributed by atoms with Crippen LogP contribution in [0.15, 0.2) is 36.5 Å². The second-order valence-corrected chi connectivity index (χ2v) is 6.20. The number of amides is 1. The van der Waals surface area contributed by atoms with Gasteiger partial charge in [-0.1, -0.05) is 0 Å². The third-order valence-electron chi connectivity index (χ3n) is 4.48. The summed E-state index contributed by atoms with van der Waals surface area (Å²) in [7, 11) is 0. The van der Waals surface area contributed by atoms with Crippen molar-refractivity contribution < 1.29 is 19.1 Å². The zero-order valence-corrected chi connectivity index (χ0v) is 13.8. The Morgan fingerprint density at radius 3 is 2.68 bits per heavy atom. The van der Waals surface area contributed by atoms with Crippen molar-refractivity contribution >= 4 is 11.9 Å². The van der Waals surface area contributed by atoms with Crippen LogP contribution < -0.4 is 0 Å². The minimum atomic E-state index is -0.849. The molecule has 7 heteroatoms. The van der Waals surface area contributed by atoms with Gasteiger partial charge < -0.3 is 10.0 Å². The number of halogens is 1. The predicted molar refractivity (Wildman–Crippen MR) is 89.1 cm³/mol. The molecular formula is C18H20FN3O3. The maximum Gasteiger partial charge on any atom is 0.303 e. The largest absolute Gasteiger partial charge is 0.481 e. The van der Waals surface area contributed by atoms with Gasteiger partial charge in [0.25, 0.3) is 5.91 Å². The molecule has 1 unspecified atom stereocenters. The van der Waals surface area contributed by atoms with Crippen LogP contribution in [0.4, 0.5) is 4.39 Å². The molecule has 1 fully saturated rings. The summed E-state index contributed by atoms with van der Waals surface area (Å²) in [6.45, 7) is 0.618. The highest BCUT2D eigenvalue weighted by atomic mass is 19.1. The molecular weight excluding hydrogens is 325 g/mol. The van der Waals surface area contributed by atoms with E-state index in [1.165, 1.54) is 16.8 Å². The zero-order chi connectivity index (χ0) is 17.8. The summed E-state index contributed by atoms with van der Waals surface area (Å²) in [6.07, 6.45) is 4.90. The average Bonchev–Trinajstić information content (AvgIpc) is 3.10. The van der Waals surface area contributed by atoms with E-state index in [9.17, 15) is 14.0 Å². The molecule has 1 aliphatic rings. The first-order valence-electron chi connectivity index (χ1n) is 8.39. The maximum atomic E-state index is 13.0. The Morgan fingerprint density at radius 1 is 1.20 bits per heavy atom. The Hall–Kier alpha value is -2.70. The number of nitrogens with zero attached hydrogens (tertiary/aromatic N) is 3. The van der Waals surface area contributed by atoms with Gasteiger partial charge in [0.1, 0.15) is 5.82 Å². The molecule has 1 amide bonds. The first-order chi connectivity index (χ1) is 12.0. The molecule has 1 aliphatic heterocycles. The maximum absolute atomic E-state index is 13.0. The second kappa shape index (κ2) is 7.46. The highest BCUT2D eigenvalue weighted by molar-refractivity contribution is 5.92. The summed E-state index contributed by atoms with van der Waals surface area (Å²) < 4.78 is 14.5.